The zero-order chi connectivity index (χ0) is 12.5. The number of hydrogen-bond donors (Lipinski definition) is 1. The van der Waals surface area contributed by atoms with E-state index < -0.39 is 0 Å². The van der Waals surface area contributed by atoms with Crippen LogP contribution in [0.2, 0.25) is 0 Å². The molecule has 1 N–H and O–H groups in total. The van der Waals surface area contributed by atoms with Gasteiger partial charge in [-0.3, -0.25) is 0 Å². The first-order valence-electron chi connectivity index (χ1n) is 7.22. The number of rotatable bonds is 5. The fourth-order valence-corrected chi connectivity index (χ4v) is 3.03. The molecule has 2 saturated carbocycles. The van der Waals surface area contributed by atoms with Crippen LogP contribution in [0.25, 0.3) is 0 Å². The van der Waals surface area contributed by atoms with E-state index in [1.165, 1.54) is 12.8 Å². The van der Waals surface area contributed by atoms with Crippen molar-refractivity contribution in [1.29, 1.82) is 0 Å². The molecule has 0 amide bonds. The van der Waals surface area contributed by atoms with Crippen molar-refractivity contribution in [2.75, 3.05) is 6.54 Å². The van der Waals surface area contributed by atoms with Gasteiger partial charge in [0.05, 0.1) is 0 Å². The van der Waals surface area contributed by atoms with Crippen LogP contribution in [0.3, 0.4) is 0 Å². The fourth-order valence-electron chi connectivity index (χ4n) is 3.03. The highest BCUT2D eigenvalue weighted by molar-refractivity contribution is 5.24. The molecule has 0 radical (unpaired) electrons. The van der Waals surface area contributed by atoms with Crippen molar-refractivity contribution in [2.45, 2.75) is 44.6 Å². The van der Waals surface area contributed by atoms with Crippen molar-refractivity contribution in [1.82, 2.24) is 5.32 Å². The van der Waals surface area contributed by atoms with Gasteiger partial charge in [-0.1, -0.05) is 25.1 Å². The van der Waals surface area contributed by atoms with Gasteiger partial charge in [-0.15, -0.1) is 0 Å². The highest BCUT2D eigenvalue weighted by Gasteiger charge is 2.33. The summed E-state index contributed by atoms with van der Waals surface area (Å²) in [6.45, 7) is 3.48. The molecule has 98 valence electrons. The second-order valence-electron chi connectivity index (χ2n) is 6.11. The summed E-state index contributed by atoms with van der Waals surface area (Å²) in [5.41, 5.74) is 0.908. The predicted molar refractivity (Wildman–Crippen MR) is 72.1 cm³/mol. The Morgan fingerprint density at radius 2 is 2.00 bits per heavy atom. The molecule has 0 heterocycles. The van der Waals surface area contributed by atoms with Crippen LogP contribution < -0.4 is 5.32 Å². The van der Waals surface area contributed by atoms with Crippen LogP contribution in [0.4, 0.5) is 4.39 Å². The Balaban J connectivity index is 1.44. The molecule has 2 fully saturated rings. The van der Waals surface area contributed by atoms with Gasteiger partial charge in [0.25, 0.3) is 0 Å². The van der Waals surface area contributed by atoms with Gasteiger partial charge in [0.15, 0.2) is 0 Å². The van der Waals surface area contributed by atoms with Crippen LogP contribution >= 0.6 is 0 Å². The van der Waals surface area contributed by atoms with Crippen LogP contribution in [0.15, 0.2) is 24.3 Å². The number of halogens is 1. The smallest absolute Gasteiger partial charge is 0.126 e. The molecule has 1 atom stereocenters. The molecule has 1 aromatic carbocycles. The first-order valence-corrected chi connectivity index (χ1v) is 7.22. The molecule has 0 saturated heterocycles. The van der Waals surface area contributed by atoms with Crippen molar-refractivity contribution in [3.63, 3.8) is 0 Å². The van der Waals surface area contributed by atoms with Gasteiger partial charge in [-0.05, 0) is 61.6 Å². The van der Waals surface area contributed by atoms with E-state index in [4.69, 9.17) is 0 Å². The zero-order valence-corrected chi connectivity index (χ0v) is 11.0. The van der Waals surface area contributed by atoms with Gasteiger partial charge < -0.3 is 5.32 Å². The van der Waals surface area contributed by atoms with E-state index in [1.807, 2.05) is 12.1 Å². The monoisotopic (exact) mass is 247 g/mol. The normalized spacial score (nSPS) is 28.8. The fraction of sp³-hybridized carbons (Fsp3) is 0.625. The van der Waals surface area contributed by atoms with Crippen molar-refractivity contribution in [2.24, 2.45) is 11.8 Å². The van der Waals surface area contributed by atoms with E-state index in [0.717, 1.165) is 36.8 Å². The van der Waals surface area contributed by atoms with Crippen LogP contribution in [-0.2, 0) is 0 Å². The standard InChI is InChI=1S/C16H22FN/c1-11(12-6-7-12)10-18-14-8-13(9-14)15-4-2-3-5-16(15)17/h2-5,11-14,18H,6-10H2,1H3. The summed E-state index contributed by atoms with van der Waals surface area (Å²) < 4.78 is 13.6. The topological polar surface area (TPSA) is 12.0 Å². The van der Waals surface area contributed by atoms with E-state index in [2.05, 4.69) is 12.2 Å². The first-order chi connectivity index (χ1) is 8.74. The lowest BCUT2D eigenvalue weighted by Crippen LogP contribution is -2.42. The minimum absolute atomic E-state index is 0.0349. The van der Waals surface area contributed by atoms with E-state index in [1.54, 1.807) is 12.1 Å². The Morgan fingerprint density at radius 1 is 1.28 bits per heavy atom. The van der Waals surface area contributed by atoms with Crippen LogP contribution in [0, 0.1) is 17.7 Å². The van der Waals surface area contributed by atoms with Crippen molar-refractivity contribution in [3.05, 3.63) is 35.6 Å². The van der Waals surface area contributed by atoms with Crippen LogP contribution in [0.5, 0.6) is 0 Å². The summed E-state index contributed by atoms with van der Waals surface area (Å²) >= 11 is 0. The average Bonchev–Trinajstić information content (AvgIpc) is 3.12. The maximum atomic E-state index is 13.6. The molecule has 2 aliphatic rings. The minimum Gasteiger partial charge on any atom is -0.314 e. The Hall–Kier alpha value is -0.890. The molecular formula is C16H22FN. The molecule has 2 heteroatoms. The number of nitrogens with one attached hydrogen (secondary N) is 1. The molecule has 0 aromatic heterocycles. The molecule has 1 aromatic rings. The number of benzene rings is 1. The third-order valence-corrected chi connectivity index (χ3v) is 4.64. The average molecular weight is 247 g/mol. The lowest BCUT2D eigenvalue weighted by Gasteiger charge is -2.37. The van der Waals surface area contributed by atoms with Gasteiger partial charge >= 0.3 is 0 Å². The molecular weight excluding hydrogens is 225 g/mol. The van der Waals surface area contributed by atoms with Crippen molar-refractivity contribution >= 4 is 0 Å². The maximum absolute atomic E-state index is 13.6. The highest BCUT2D eigenvalue weighted by Crippen LogP contribution is 2.39. The summed E-state index contributed by atoms with van der Waals surface area (Å²) in [5, 5.41) is 3.64. The first kappa shape index (κ1) is 12.2. The van der Waals surface area contributed by atoms with Crippen molar-refractivity contribution in [3.8, 4) is 0 Å². The third kappa shape index (κ3) is 2.59. The summed E-state index contributed by atoms with van der Waals surface area (Å²) in [7, 11) is 0. The lowest BCUT2D eigenvalue weighted by atomic mass is 9.75. The zero-order valence-electron chi connectivity index (χ0n) is 11.0. The summed E-state index contributed by atoms with van der Waals surface area (Å²) in [4.78, 5) is 0. The molecule has 18 heavy (non-hydrogen) atoms. The molecule has 1 unspecified atom stereocenters. The van der Waals surface area contributed by atoms with E-state index >= 15 is 0 Å². The lowest BCUT2D eigenvalue weighted by molar-refractivity contribution is 0.269. The molecule has 0 aliphatic heterocycles. The Morgan fingerprint density at radius 3 is 2.67 bits per heavy atom. The minimum atomic E-state index is -0.0349. The Bertz CT molecular complexity index is 407. The Labute approximate surface area is 109 Å². The molecule has 0 bridgehead atoms. The second kappa shape index (κ2) is 5.00. The maximum Gasteiger partial charge on any atom is 0.126 e. The largest absolute Gasteiger partial charge is 0.314 e. The van der Waals surface area contributed by atoms with E-state index in [-0.39, 0.29) is 5.82 Å². The van der Waals surface area contributed by atoms with Crippen LogP contribution in [-0.4, -0.2) is 12.6 Å². The molecule has 3 rings (SSSR count). The Kier molecular flexibility index (Phi) is 3.38. The summed E-state index contributed by atoms with van der Waals surface area (Å²) in [5.74, 6) is 2.18. The predicted octanol–water partition coefficient (Wildman–Crippen LogP) is 3.71. The molecule has 1 nitrogen and oxygen atoms in total. The molecule has 0 spiro atoms. The second-order valence-corrected chi connectivity index (χ2v) is 6.11. The third-order valence-electron chi connectivity index (χ3n) is 4.64. The van der Waals surface area contributed by atoms with Crippen molar-refractivity contribution < 1.29 is 4.39 Å². The summed E-state index contributed by atoms with van der Waals surface area (Å²) in [6.07, 6.45) is 5.04. The van der Waals surface area contributed by atoms with Gasteiger partial charge in [0.1, 0.15) is 5.82 Å². The van der Waals surface area contributed by atoms with Gasteiger partial charge in [-0.2, -0.15) is 0 Å². The van der Waals surface area contributed by atoms with Crippen LogP contribution in [0.1, 0.15) is 44.1 Å². The SMILES string of the molecule is CC(CNC1CC(c2ccccc2F)C1)C1CC1. The van der Waals surface area contributed by atoms with Gasteiger partial charge in [0, 0.05) is 6.04 Å². The summed E-state index contributed by atoms with van der Waals surface area (Å²) in [6, 6.07) is 7.82. The van der Waals surface area contributed by atoms with Gasteiger partial charge in [-0.25, -0.2) is 4.39 Å². The van der Waals surface area contributed by atoms with E-state index in [9.17, 15) is 4.39 Å². The van der Waals surface area contributed by atoms with E-state index in [0.29, 0.717) is 12.0 Å². The van der Waals surface area contributed by atoms with Gasteiger partial charge in [0.2, 0.25) is 0 Å². The number of hydrogen-bond acceptors (Lipinski definition) is 1. The molecule has 2 aliphatic carbocycles. The quantitative estimate of drug-likeness (QED) is 0.836. The highest BCUT2D eigenvalue weighted by atomic mass is 19.1.